The maximum atomic E-state index is 13.0. The highest BCUT2D eigenvalue weighted by Crippen LogP contribution is 2.42. The van der Waals surface area contributed by atoms with Crippen molar-refractivity contribution in [3.8, 4) is 0 Å². The molecule has 6 rings (SSSR count). The van der Waals surface area contributed by atoms with Gasteiger partial charge in [-0.3, -0.25) is 19.7 Å². The zero-order valence-corrected chi connectivity index (χ0v) is 26.8. The van der Waals surface area contributed by atoms with Gasteiger partial charge in [0.05, 0.1) is 28.6 Å². The van der Waals surface area contributed by atoms with E-state index < -0.39 is 21.2 Å². The van der Waals surface area contributed by atoms with Crippen molar-refractivity contribution in [2.45, 2.75) is 36.9 Å². The predicted molar refractivity (Wildman–Crippen MR) is 178 cm³/mol. The Balaban J connectivity index is 1.19. The van der Waals surface area contributed by atoms with Crippen molar-refractivity contribution >= 4 is 27.1 Å². The third-order valence-corrected chi connectivity index (χ3v) is 10.2. The summed E-state index contributed by atoms with van der Waals surface area (Å²) in [5, 5.41) is 20.6. The summed E-state index contributed by atoms with van der Waals surface area (Å²) in [4.78, 5) is 15.4. The number of aliphatic hydroxyl groups is 1. The highest BCUT2D eigenvalue weighted by Gasteiger charge is 2.39. The molecule has 0 aromatic heterocycles. The van der Waals surface area contributed by atoms with E-state index in [0.717, 1.165) is 43.0 Å². The Hall–Kier alpha value is -4.33. The van der Waals surface area contributed by atoms with E-state index in [9.17, 15) is 23.6 Å². The molecule has 0 spiro atoms. The first-order valence-electron chi connectivity index (χ1n) is 15.6. The number of non-ortho nitro benzene ring substituents is 1. The number of nitrogens with zero attached hydrogens (tertiary/aromatic N) is 3. The number of nitro benzene ring substituents is 1. The minimum absolute atomic E-state index is 0.0151. The molecule has 47 heavy (non-hydrogen) atoms. The quantitative estimate of drug-likeness (QED) is 0.167. The first-order chi connectivity index (χ1) is 22.7. The van der Waals surface area contributed by atoms with Crippen LogP contribution in [0.2, 0.25) is 0 Å². The lowest BCUT2D eigenvalue weighted by Crippen LogP contribution is -2.51. The fourth-order valence-electron chi connectivity index (χ4n) is 6.12. The number of rotatable bonds is 10. The van der Waals surface area contributed by atoms with Crippen molar-refractivity contribution in [1.29, 1.82) is 0 Å². The van der Waals surface area contributed by atoms with Crippen molar-refractivity contribution in [3.63, 3.8) is 0 Å². The largest absolute Gasteiger partial charge is 0.392 e. The van der Waals surface area contributed by atoms with Crippen LogP contribution in [-0.4, -0.2) is 62.2 Å². The van der Waals surface area contributed by atoms with E-state index in [2.05, 4.69) is 21.4 Å². The first kappa shape index (κ1) is 32.6. The number of hydrogen-bond donors (Lipinski definition) is 2. The maximum Gasteiger partial charge on any atom is 0.269 e. The summed E-state index contributed by atoms with van der Waals surface area (Å²) in [6, 6.07) is 29.7. The van der Waals surface area contributed by atoms with E-state index >= 15 is 0 Å². The maximum absolute atomic E-state index is 13.0. The lowest BCUT2D eigenvalue weighted by molar-refractivity contribution is -0.384. The zero-order chi connectivity index (χ0) is 33.0. The van der Waals surface area contributed by atoms with Gasteiger partial charge in [-0.25, -0.2) is 8.42 Å². The van der Waals surface area contributed by atoms with E-state index in [1.807, 2.05) is 30.3 Å². The molecule has 2 aliphatic rings. The molecule has 4 aromatic carbocycles. The number of nitro groups is 1. The molecule has 2 N–H and O–H groups in total. The van der Waals surface area contributed by atoms with Crippen molar-refractivity contribution < 1.29 is 27.9 Å². The van der Waals surface area contributed by atoms with Crippen LogP contribution in [-0.2, 0) is 26.1 Å². The van der Waals surface area contributed by atoms with E-state index in [0.29, 0.717) is 17.8 Å². The summed E-state index contributed by atoms with van der Waals surface area (Å²) in [6.45, 7) is 5.86. The SMILES string of the molecule is C[C@H]1[C@@H](CN2CCN(c3ccc([N+](=O)[O-])cc3)CC2)O[C@@H](c2cccc(NS(=O)(=O)c3ccccc3)c2)O[C@H]1c1ccc(CO)cc1. The molecular weight excluding hydrogens is 620 g/mol. The van der Waals surface area contributed by atoms with Gasteiger partial charge in [0.2, 0.25) is 0 Å². The van der Waals surface area contributed by atoms with Gasteiger partial charge >= 0.3 is 0 Å². The molecular formula is C35H38N4O7S. The van der Waals surface area contributed by atoms with Gasteiger partial charge in [0, 0.05) is 67.7 Å². The molecule has 4 atom stereocenters. The summed E-state index contributed by atoms with van der Waals surface area (Å²) in [6.07, 6.45) is -1.26. The van der Waals surface area contributed by atoms with Crippen LogP contribution in [0.15, 0.2) is 108 Å². The van der Waals surface area contributed by atoms with E-state index in [1.165, 1.54) is 12.1 Å². The molecule has 4 aromatic rings. The number of aliphatic hydroxyl groups excluding tert-OH is 1. The van der Waals surface area contributed by atoms with Crippen LogP contribution in [0.25, 0.3) is 0 Å². The number of nitrogens with one attached hydrogen (secondary N) is 1. The second-order valence-electron chi connectivity index (χ2n) is 11.9. The molecule has 0 amide bonds. The second kappa shape index (κ2) is 14.2. The third-order valence-electron chi connectivity index (χ3n) is 8.82. The summed E-state index contributed by atoms with van der Waals surface area (Å²) in [7, 11) is -3.78. The highest BCUT2D eigenvalue weighted by atomic mass is 32.2. The van der Waals surface area contributed by atoms with E-state index in [1.54, 1.807) is 60.7 Å². The second-order valence-corrected chi connectivity index (χ2v) is 13.6. The Kier molecular flexibility index (Phi) is 9.85. The normalized spacial score (nSPS) is 22.1. The molecule has 12 heteroatoms. The summed E-state index contributed by atoms with van der Waals surface area (Å²) in [5.74, 6) is -0.0151. The monoisotopic (exact) mass is 658 g/mol. The predicted octanol–water partition coefficient (Wildman–Crippen LogP) is 5.50. The fraction of sp³-hybridized carbons (Fsp3) is 0.314. The minimum atomic E-state index is -3.78. The summed E-state index contributed by atoms with van der Waals surface area (Å²) in [5.41, 5.74) is 3.91. The van der Waals surface area contributed by atoms with Crippen molar-refractivity contribution in [2.24, 2.45) is 5.92 Å². The van der Waals surface area contributed by atoms with Crippen LogP contribution < -0.4 is 9.62 Å². The van der Waals surface area contributed by atoms with Crippen molar-refractivity contribution in [2.75, 3.05) is 42.3 Å². The van der Waals surface area contributed by atoms with Gasteiger partial charge in [0.15, 0.2) is 6.29 Å². The summed E-state index contributed by atoms with van der Waals surface area (Å²) < 4.78 is 42.0. The number of hydrogen-bond acceptors (Lipinski definition) is 9. The van der Waals surface area contributed by atoms with Gasteiger partial charge in [-0.05, 0) is 47.5 Å². The van der Waals surface area contributed by atoms with Crippen LogP contribution in [0.1, 0.15) is 36.0 Å². The third kappa shape index (κ3) is 7.64. The topological polar surface area (TPSA) is 134 Å². The van der Waals surface area contributed by atoms with Crippen molar-refractivity contribution in [3.05, 3.63) is 130 Å². The molecule has 2 aliphatic heterocycles. The van der Waals surface area contributed by atoms with Gasteiger partial charge in [-0.2, -0.15) is 0 Å². The average Bonchev–Trinajstić information content (AvgIpc) is 3.10. The number of piperazine rings is 1. The molecule has 0 bridgehead atoms. The molecule has 2 saturated heterocycles. The number of ether oxygens (including phenoxy) is 2. The highest BCUT2D eigenvalue weighted by molar-refractivity contribution is 7.92. The standard InChI is InChI=1S/C35H38N4O7S/c1-25-33(23-37-18-20-38(21-19-37)30-14-16-31(17-15-30)39(41)42)45-35(46-34(25)27-12-10-26(24-40)11-13-27)28-6-5-7-29(22-28)36-47(43,44)32-8-3-2-4-9-32/h2-17,22,25,33-36,40H,18-21,23-24H2,1H3/t25-,33+,34+,35+/m0/s1. The van der Waals surface area contributed by atoms with Gasteiger partial charge in [-0.1, -0.05) is 61.5 Å². The molecule has 0 aliphatic carbocycles. The summed E-state index contributed by atoms with van der Waals surface area (Å²) >= 11 is 0. The Morgan fingerprint density at radius 2 is 1.57 bits per heavy atom. The van der Waals surface area contributed by atoms with Gasteiger partial charge < -0.3 is 19.5 Å². The average molecular weight is 659 g/mol. The van der Waals surface area contributed by atoms with Crippen molar-refractivity contribution in [1.82, 2.24) is 4.90 Å². The van der Waals surface area contributed by atoms with Crippen LogP contribution in [0.5, 0.6) is 0 Å². The number of sulfonamides is 1. The van der Waals surface area contributed by atoms with Gasteiger partial charge in [0.25, 0.3) is 15.7 Å². The molecule has 0 unspecified atom stereocenters. The number of anilines is 2. The molecule has 246 valence electrons. The lowest BCUT2D eigenvalue weighted by atomic mass is 9.90. The van der Waals surface area contributed by atoms with Crippen LogP contribution >= 0.6 is 0 Å². The zero-order valence-electron chi connectivity index (χ0n) is 26.0. The minimum Gasteiger partial charge on any atom is -0.392 e. The lowest BCUT2D eigenvalue weighted by Gasteiger charge is -2.44. The fourth-order valence-corrected chi connectivity index (χ4v) is 7.19. The van der Waals surface area contributed by atoms with Gasteiger partial charge in [0.1, 0.15) is 0 Å². The molecule has 0 radical (unpaired) electrons. The number of benzene rings is 4. The molecule has 0 saturated carbocycles. The van der Waals surface area contributed by atoms with Gasteiger partial charge in [-0.15, -0.1) is 0 Å². The smallest absolute Gasteiger partial charge is 0.269 e. The molecule has 2 fully saturated rings. The Labute approximate surface area is 274 Å². The molecule has 2 heterocycles. The first-order valence-corrected chi connectivity index (χ1v) is 17.1. The van der Waals surface area contributed by atoms with E-state index in [4.69, 9.17) is 9.47 Å². The molecule has 11 nitrogen and oxygen atoms in total. The Morgan fingerprint density at radius 3 is 2.23 bits per heavy atom. The van der Waals surface area contributed by atoms with Crippen LogP contribution in [0.4, 0.5) is 17.1 Å². The van der Waals surface area contributed by atoms with E-state index in [-0.39, 0.29) is 35.3 Å². The van der Waals surface area contributed by atoms with Crippen LogP contribution in [0, 0.1) is 16.0 Å². The Morgan fingerprint density at radius 1 is 0.872 bits per heavy atom. The van der Waals surface area contributed by atoms with Crippen LogP contribution in [0.3, 0.4) is 0 Å². The Bertz CT molecular complexity index is 1760.